The van der Waals surface area contributed by atoms with E-state index in [1.165, 1.54) is 23.6 Å². The Morgan fingerprint density at radius 2 is 1.72 bits per heavy atom. The van der Waals surface area contributed by atoms with Gasteiger partial charge in [0.2, 0.25) is 15.9 Å². The van der Waals surface area contributed by atoms with Gasteiger partial charge in [-0.1, -0.05) is 19.8 Å². The summed E-state index contributed by atoms with van der Waals surface area (Å²) in [6, 6.07) is 6.46. The van der Waals surface area contributed by atoms with E-state index < -0.39 is 10.0 Å². The molecule has 1 aliphatic carbocycles. The Hall–Kier alpha value is -1.64. The molecule has 1 aliphatic heterocycles. The lowest BCUT2D eigenvalue weighted by molar-refractivity contribution is -0.127. The molecule has 8 heteroatoms. The number of hydrogen-bond donors (Lipinski definition) is 1. The second-order valence-corrected chi connectivity index (χ2v) is 10.1. The molecule has 1 aromatic carbocycles. The number of carbonyl (C=O) groups excluding carboxylic acids is 1. The van der Waals surface area contributed by atoms with Gasteiger partial charge < -0.3 is 10.1 Å². The molecule has 3 atom stereocenters. The van der Waals surface area contributed by atoms with Crippen LogP contribution in [0, 0.1) is 5.92 Å². The van der Waals surface area contributed by atoms with E-state index in [0.717, 1.165) is 6.42 Å². The maximum absolute atomic E-state index is 12.9. The third-order valence-corrected chi connectivity index (χ3v) is 8.25. The molecule has 1 saturated carbocycles. The lowest BCUT2D eigenvalue weighted by Crippen LogP contribution is -2.56. The van der Waals surface area contributed by atoms with Crippen molar-refractivity contribution in [3.63, 3.8) is 0 Å². The lowest BCUT2D eigenvalue weighted by atomic mass is 9.86. The van der Waals surface area contributed by atoms with E-state index in [2.05, 4.69) is 17.1 Å². The number of nitrogens with zero attached hydrogens (tertiary/aromatic N) is 2. The van der Waals surface area contributed by atoms with Crippen LogP contribution in [0.1, 0.15) is 39.5 Å². The maximum atomic E-state index is 12.9. The van der Waals surface area contributed by atoms with Crippen molar-refractivity contribution in [2.45, 2.75) is 56.5 Å². The van der Waals surface area contributed by atoms with Gasteiger partial charge in [0.05, 0.1) is 18.0 Å². The number of sulfonamides is 1. The van der Waals surface area contributed by atoms with Gasteiger partial charge in [0.1, 0.15) is 5.75 Å². The summed E-state index contributed by atoms with van der Waals surface area (Å²) in [6.07, 6.45) is 4.63. The van der Waals surface area contributed by atoms with Crippen molar-refractivity contribution in [2.75, 3.05) is 33.3 Å². The highest BCUT2D eigenvalue weighted by atomic mass is 32.2. The third kappa shape index (κ3) is 5.10. The van der Waals surface area contributed by atoms with Crippen LogP contribution in [0.2, 0.25) is 0 Å². The number of carbonyl (C=O) groups is 1. The average molecular weight is 424 g/mol. The second-order valence-electron chi connectivity index (χ2n) is 8.17. The molecule has 1 heterocycles. The van der Waals surface area contributed by atoms with Crippen LogP contribution in [0.3, 0.4) is 0 Å². The molecule has 0 unspecified atom stereocenters. The first-order valence-electron chi connectivity index (χ1n) is 10.5. The monoisotopic (exact) mass is 423 g/mol. The molecular formula is C21H33N3O4S. The molecule has 1 aromatic rings. The Morgan fingerprint density at radius 3 is 2.31 bits per heavy atom. The predicted octanol–water partition coefficient (Wildman–Crippen LogP) is 2.08. The summed E-state index contributed by atoms with van der Waals surface area (Å²) in [6.45, 7) is 5.97. The first-order chi connectivity index (χ1) is 13.8. The highest BCUT2D eigenvalue weighted by molar-refractivity contribution is 7.89. The number of rotatable bonds is 6. The summed E-state index contributed by atoms with van der Waals surface area (Å²) in [5.74, 6) is 1.20. The minimum atomic E-state index is -3.54. The van der Waals surface area contributed by atoms with Gasteiger partial charge in [-0.15, -0.1) is 0 Å². The number of amides is 1. The van der Waals surface area contributed by atoms with Crippen LogP contribution < -0.4 is 10.1 Å². The number of hydrogen-bond acceptors (Lipinski definition) is 5. The maximum Gasteiger partial charge on any atom is 0.243 e. The molecule has 1 amide bonds. The minimum Gasteiger partial charge on any atom is -0.497 e. The molecule has 2 fully saturated rings. The van der Waals surface area contributed by atoms with Gasteiger partial charge in [0.15, 0.2) is 0 Å². The summed E-state index contributed by atoms with van der Waals surface area (Å²) in [5, 5.41) is 3.22. The van der Waals surface area contributed by atoms with E-state index in [1.54, 1.807) is 31.4 Å². The van der Waals surface area contributed by atoms with Crippen LogP contribution in [0.4, 0.5) is 0 Å². The van der Waals surface area contributed by atoms with Crippen LogP contribution in [0.25, 0.3) is 0 Å². The Balaban J connectivity index is 1.55. The van der Waals surface area contributed by atoms with Crippen LogP contribution in [-0.2, 0) is 14.8 Å². The van der Waals surface area contributed by atoms with Crippen LogP contribution >= 0.6 is 0 Å². The van der Waals surface area contributed by atoms with Crippen LogP contribution in [-0.4, -0.2) is 68.9 Å². The largest absolute Gasteiger partial charge is 0.497 e. The Labute approximate surface area is 174 Å². The second kappa shape index (κ2) is 9.45. The molecule has 3 rings (SSSR count). The summed E-state index contributed by atoms with van der Waals surface area (Å²) >= 11 is 0. The number of methoxy groups -OCH3 is 1. The third-order valence-electron chi connectivity index (χ3n) is 6.34. The van der Waals surface area contributed by atoms with Gasteiger partial charge in [-0.3, -0.25) is 9.69 Å². The molecule has 0 radical (unpaired) electrons. The first kappa shape index (κ1) is 22.1. The van der Waals surface area contributed by atoms with Crippen molar-refractivity contribution in [2.24, 2.45) is 5.92 Å². The number of benzene rings is 1. The fourth-order valence-corrected chi connectivity index (χ4v) is 5.65. The standard InChI is InChI=1S/C21H33N3O4S/c1-16-6-4-5-7-20(16)22-21(25)17(2)23-12-14-24(15-13-23)29(26,27)19-10-8-18(28-3)9-11-19/h8-11,16-17,20H,4-7,12-15H2,1-3H3,(H,22,25)/t16-,17+,20-/m0/s1. The van der Waals surface area contributed by atoms with E-state index in [9.17, 15) is 13.2 Å². The Bertz CT molecular complexity index is 789. The first-order valence-corrected chi connectivity index (χ1v) is 12.0. The summed E-state index contributed by atoms with van der Waals surface area (Å²) < 4.78 is 32.4. The average Bonchev–Trinajstić information content (AvgIpc) is 2.75. The molecule has 0 aromatic heterocycles. The van der Waals surface area contributed by atoms with Gasteiger partial charge in [-0.05, 0) is 49.9 Å². The number of piperazine rings is 1. The molecule has 2 aliphatic rings. The summed E-state index contributed by atoms with van der Waals surface area (Å²) in [4.78, 5) is 15.1. The van der Waals surface area contributed by atoms with E-state index in [1.807, 2.05) is 6.92 Å². The van der Waals surface area contributed by atoms with E-state index in [4.69, 9.17) is 4.74 Å². The van der Waals surface area contributed by atoms with Crippen molar-refractivity contribution in [3.8, 4) is 5.75 Å². The normalized spacial score (nSPS) is 25.3. The SMILES string of the molecule is COc1ccc(S(=O)(=O)N2CCN([C@H](C)C(=O)N[C@H]3CCCC[C@@H]3C)CC2)cc1. The van der Waals surface area contributed by atoms with Crippen molar-refractivity contribution in [1.29, 1.82) is 0 Å². The molecule has 1 N–H and O–H groups in total. The Kier molecular flexibility index (Phi) is 7.19. The zero-order valence-electron chi connectivity index (χ0n) is 17.6. The zero-order chi connectivity index (χ0) is 21.0. The fraction of sp³-hybridized carbons (Fsp3) is 0.667. The quantitative estimate of drug-likeness (QED) is 0.758. The molecule has 7 nitrogen and oxygen atoms in total. The van der Waals surface area contributed by atoms with E-state index >= 15 is 0 Å². The highest BCUT2D eigenvalue weighted by Crippen LogP contribution is 2.24. The van der Waals surface area contributed by atoms with Gasteiger partial charge in [0.25, 0.3) is 0 Å². The van der Waals surface area contributed by atoms with Crippen LogP contribution in [0.15, 0.2) is 29.2 Å². The lowest BCUT2D eigenvalue weighted by Gasteiger charge is -2.38. The predicted molar refractivity (Wildman–Crippen MR) is 112 cm³/mol. The van der Waals surface area contributed by atoms with Gasteiger partial charge in [-0.2, -0.15) is 4.31 Å². The Morgan fingerprint density at radius 1 is 1.10 bits per heavy atom. The number of nitrogens with one attached hydrogen (secondary N) is 1. The van der Waals surface area contributed by atoms with Crippen molar-refractivity contribution in [3.05, 3.63) is 24.3 Å². The topological polar surface area (TPSA) is 79.0 Å². The summed E-state index contributed by atoms with van der Waals surface area (Å²) in [7, 11) is -1.99. The molecule has 29 heavy (non-hydrogen) atoms. The summed E-state index contributed by atoms with van der Waals surface area (Å²) in [5.41, 5.74) is 0. The minimum absolute atomic E-state index is 0.0511. The van der Waals surface area contributed by atoms with Gasteiger partial charge >= 0.3 is 0 Å². The highest BCUT2D eigenvalue weighted by Gasteiger charge is 2.33. The van der Waals surface area contributed by atoms with Crippen molar-refractivity contribution in [1.82, 2.24) is 14.5 Å². The molecular weight excluding hydrogens is 390 g/mol. The van der Waals surface area contributed by atoms with Gasteiger partial charge in [0, 0.05) is 32.2 Å². The van der Waals surface area contributed by atoms with Crippen LogP contribution in [0.5, 0.6) is 5.75 Å². The van der Waals surface area contributed by atoms with Crippen molar-refractivity contribution >= 4 is 15.9 Å². The molecule has 0 bridgehead atoms. The van der Waals surface area contributed by atoms with Crippen molar-refractivity contribution < 1.29 is 17.9 Å². The zero-order valence-corrected chi connectivity index (χ0v) is 18.5. The molecule has 0 spiro atoms. The van der Waals surface area contributed by atoms with E-state index in [-0.39, 0.29) is 22.9 Å². The number of ether oxygens (including phenoxy) is 1. The fourth-order valence-electron chi connectivity index (χ4n) is 4.23. The smallest absolute Gasteiger partial charge is 0.243 e. The molecule has 162 valence electrons. The molecule has 1 saturated heterocycles. The van der Waals surface area contributed by atoms with E-state index in [0.29, 0.717) is 37.8 Å². The van der Waals surface area contributed by atoms with Gasteiger partial charge in [-0.25, -0.2) is 8.42 Å².